The van der Waals surface area contributed by atoms with E-state index in [4.69, 9.17) is 11.6 Å². The van der Waals surface area contributed by atoms with Crippen LogP contribution >= 0.6 is 22.9 Å². The fourth-order valence-corrected chi connectivity index (χ4v) is 3.06. The van der Waals surface area contributed by atoms with Crippen molar-refractivity contribution >= 4 is 28.6 Å². The number of nitro benzene ring substituents is 1. The van der Waals surface area contributed by atoms with Gasteiger partial charge in [0.15, 0.2) is 5.01 Å². The molecule has 0 amide bonds. The zero-order chi connectivity index (χ0) is 14.7. The van der Waals surface area contributed by atoms with Crippen LogP contribution in [-0.4, -0.2) is 22.2 Å². The maximum absolute atomic E-state index is 11.1. The molecule has 1 unspecified atom stereocenters. The number of benzene rings is 1. The summed E-state index contributed by atoms with van der Waals surface area (Å²) < 4.78 is 0. The van der Waals surface area contributed by atoms with Crippen LogP contribution in [0.2, 0.25) is 5.02 Å². The Morgan fingerprint density at radius 2 is 2.25 bits per heavy atom. The van der Waals surface area contributed by atoms with Crippen molar-refractivity contribution in [2.24, 2.45) is 0 Å². The Kier molecular flexibility index (Phi) is 4.64. The molecule has 0 radical (unpaired) electrons. The highest BCUT2D eigenvalue weighted by Gasteiger charge is 2.21. The minimum absolute atomic E-state index is 0.0577. The summed E-state index contributed by atoms with van der Waals surface area (Å²) in [5, 5.41) is 24.1. The highest BCUT2D eigenvalue weighted by Crippen LogP contribution is 2.35. The van der Waals surface area contributed by atoms with E-state index in [2.05, 4.69) is 15.5 Å². The van der Waals surface area contributed by atoms with E-state index < -0.39 is 4.92 Å². The molecule has 1 atom stereocenters. The third kappa shape index (κ3) is 2.95. The summed E-state index contributed by atoms with van der Waals surface area (Å²) >= 11 is 7.15. The first-order valence-electron chi connectivity index (χ1n) is 6.01. The van der Waals surface area contributed by atoms with E-state index in [0.717, 1.165) is 11.4 Å². The van der Waals surface area contributed by atoms with Gasteiger partial charge in [0.05, 0.1) is 16.5 Å². The largest absolute Gasteiger partial charge is 0.311 e. The highest BCUT2D eigenvalue weighted by atomic mass is 35.5. The van der Waals surface area contributed by atoms with Gasteiger partial charge in [0, 0.05) is 11.1 Å². The summed E-state index contributed by atoms with van der Waals surface area (Å²) in [7, 11) is 1.85. The van der Waals surface area contributed by atoms with Gasteiger partial charge in [-0.25, -0.2) is 0 Å². The molecule has 0 saturated heterocycles. The summed E-state index contributed by atoms with van der Waals surface area (Å²) in [6.07, 6.45) is 0.869. The monoisotopic (exact) mass is 312 g/mol. The molecule has 0 aliphatic heterocycles. The zero-order valence-electron chi connectivity index (χ0n) is 11.0. The molecule has 0 spiro atoms. The fourth-order valence-electron chi connectivity index (χ4n) is 1.82. The van der Waals surface area contributed by atoms with Crippen LogP contribution < -0.4 is 5.32 Å². The molecule has 1 N–H and O–H groups in total. The van der Waals surface area contributed by atoms with Crippen LogP contribution in [0, 0.1) is 10.1 Å². The number of halogens is 1. The molecule has 2 rings (SSSR count). The quantitative estimate of drug-likeness (QED) is 0.675. The van der Waals surface area contributed by atoms with Crippen molar-refractivity contribution in [1.82, 2.24) is 15.5 Å². The molecule has 0 saturated carbocycles. The Morgan fingerprint density at radius 1 is 1.50 bits per heavy atom. The molecule has 20 heavy (non-hydrogen) atoms. The summed E-state index contributed by atoms with van der Waals surface area (Å²) in [5.74, 6) is 0. The number of hydrogen-bond donors (Lipinski definition) is 1. The number of nitro groups is 1. The topological polar surface area (TPSA) is 81.0 Å². The Morgan fingerprint density at radius 3 is 2.85 bits per heavy atom. The average molecular weight is 313 g/mol. The van der Waals surface area contributed by atoms with Gasteiger partial charge in [0.1, 0.15) is 5.01 Å². The predicted molar refractivity (Wildman–Crippen MR) is 79.1 cm³/mol. The minimum atomic E-state index is -0.461. The molecular formula is C12H13ClN4O2S. The Balaban J connectivity index is 2.44. The lowest BCUT2D eigenvalue weighted by Crippen LogP contribution is -2.14. The van der Waals surface area contributed by atoms with Crippen molar-refractivity contribution in [3.63, 3.8) is 0 Å². The molecule has 0 fully saturated rings. The second-order valence-electron chi connectivity index (χ2n) is 4.11. The van der Waals surface area contributed by atoms with E-state index in [1.807, 2.05) is 14.0 Å². The molecule has 1 heterocycles. The van der Waals surface area contributed by atoms with Crippen LogP contribution in [0.3, 0.4) is 0 Å². The molecule has 1 aromatic heterocycles. The molecule has 1 aromatic carbocycles. The van der Waals surface area contributed by atoms with Gasteiger partial charge in [-0.2, -0.15) is 0 Å². The fraction of sp³-hybridized carbons (Fsp3) is 0.333. The van der Waals surface area contributed by atoms with Crippen LogP contribution in [0.15, 0.2) is 18.2 Å². The van der Waals surface area contributed by atoms with Gasteiger partial charge in [-0.3, -0.25) is 10.1 Å². The standard InChI is InChI=1S/C12H13ClN4O2S/c1-3-9(14-2)12-16-15-11(20-12)8-5-4-7(13)6-10(8)17(18)19/h4-6,9,14H,3H2,1-2H3. The lowest BCUT2D eigenvalue weighted by Gasteiger charge is -2.08. The summed E-state index contributed by atoms with van der Waals surface area (Å²) in [6.45, 7) is 2.03. The second-order valence-corrected chi connectivity index (χ2v) is 5.56. The van der Waals surface area contributed by atoms with Crippen molar-refractivity contribution < 1.29 is 4.92 Å². The van der Waals surface area contributed by atoms with Crippen LogP contribution in [-0.2, 0) is 0 Å². The van der Waals surface area contributed by atoms with Crippen molar-refractivity contribution in [2.45, 2.75) is 19.4 Å². The lowest BCUT2D eigenvalue weighted by atomic mass is 10.2. The summed E-state index contributed by atoms with van der Waals surface area (Å²) in [5.41, 5.74) is 0.381. The van der Waals surface area contributed by atoms with Gasteiger partial charge in [0.2, 0.25) is 0 Å². The SMILES string of the molecule is CCC(NC)c1nnc(-c2ccc(Cl)cc2[N+](=O)[O-])s1. The molecule has 0 aliphatic carbocycles. The summed E-state index contributed by atoms with van der Waals surface area (Å²) in [6, 6.07) is 4.64. The Bertz CT molecular complexity index is 628. The van der Waals surface area contributed by atoms with E-state index >= 15 is 0 Å². The number of nitrogens with zero attached hydrogens (tertiary/aromatic N) is 3. The van der Waals surface area contributed by atoms with Crippen molar-refractivity contribution in [1.29, 1.82) is 0 Å². The van der Waals surface area contributed by atoms with Crippen LogP contribution in [0.5, 0.6) is 0 Å². The average Bonchev–Trinajstić information content (AvgIpc) is 2.89. The molecule has 106 valence electrons. The first-order valence-corrected chi connectivity index (χ1v) is 7.21. The van der Waals surface area contributed by atoms with Crippen molar-refractivity contribution in [3.8, 4) is 10.6 Å². The Labute approximate surface area is 125 Å². The van der Waals surface area contributed by atoms with Gasteiger partial charge in [0.25, 0.3) is 5.69 Å². The smallest absolute Gasteiger partial charge is 0.281 e. The van der Waals surface area contributed by atoms with E-state index in [0.29, 0.717) is 15.6 Å². The van der Waals surface area contributed by atoms with E-state index in [1.165, 1.54) is 17.4 Å². The minimum Gasteiger partial charge on any atom is -0.311 e. The van der Waals surface area contributed by atoms with Gasteiger partial charge in [-0.05, 0) is 25.6 Å². The number of nitrogens with one attached hydrogen (secondary N) is 1. The van der Waals surface area contributed by atoms with Crippen molar-refractivity contribution in [3.05, 3.63) is 38.3 Å². The van der Waals surface area contributed by atoms with Gasteiger partial charge < -0.3 is 5.32 Å². The highest BCUT2D eigenvalue weighted by molar-refractivity contribution is 7.14. The maximum atomic E-state index is 11.1. The van der Waals surface area contributed by atoms with Crippen LogP contribution in [0.25, 0.3) is 10.6 Å². The lowest BCUT2D eigenvalue weighted by molar-refractivity contribution is -0.384. The number of hydrogen-bond acceptors (Lipinski definition) is 6. The normalized spacial score (nSPS) is 12.3. The van der Waals surface area contributed by atoms with E-state index in [-0.39, 0.29) is 11.7 Å². The second kappa shape index (κ2) is 6.25. The zero-order valence-corrected chi connectivity index (χ0v) is 12.5. The van der Waals surface area contributed by atoms with E-state index in [9.17, 15) is 10.1 Å². The number of rotatable bonds is 5. The molecule has 0 bridgehead atoms. The van der Waals surface area contributed by atoms with Crippen molar-refractivity contribution in [2.75, 3.05) is 7.05 Å². The molecule has 0 aliphatic rings. The third-order valence-corrected chi connectivity index (χ3v) is 4.19. The third-order valence-electron chi connectivity index (χ3n) is 2.88. The van der Waals surface area contributed by atoms with Gasteiger partial charge in [-0.15, -0.1) is 10.2 Å². The molecule has 2 aromatic rings. The van der Waals surface area contributed by atoms with Gasteiger partial charge in [-0.1, -0.05) is 29.9 Å². The predicted octanol–water partition coefficient (Wildman–Crippen LogP) is 3.44. The molecule has 8 heteroatoms. The first kappa shape index (κ1) is 14.8. The van der Waals surface area contributed by atoms with E-state index in [1.54, 1.807) is 12.1 Å². The van der Waals surface area contributed by atoms with Gasteiger partial charge >= 0.3 is 0 Å². The molecule has 6 nitrogen and oxygen atoms in total. The van der Waals surface area contributed by atoms with Crippen LogP contribution in [0.1, 0.15) is 24.4 Å². The van der Waals surface area contributed by atoms with Crippen LogP contribution in [0.4, 0.5) is 5.69 Å². The molecular weight excluding hydrogens is 300 g/mol. The first-order chi connectivity index (χ1) is 9.56. The Hall–Kier alpha value is -1.57. The summed E-state index contributed by atoms with van der Waals surface area (Å²) in [4.78, 5) is 10.6. The number of aromatic nitrogens is 2. The maximum Gasteiger partial charge on any atom is 0.281 e.